The Hall–Kier alpha value is -1.71. The molecule has 3 nitrogen and oxygen atoms in total. The summed E-state index contributed by atoms with van der Waals surface area (Å²) in [6.45, 7) is 5.97. The molecule has 0 fully saturated rings. The van der Waals surface area contributed by atoms with Crippen LogP contribution in [0.2, 0.25) is 0 Å². The maximum atomic E-state index is 12.7. The van der Waals surface area contributed by atoms with E-state index in [1.54, 1.807) is 12.1 Å². The predicted molar refractivity (Wildman–Crippen MR) is 74.1 cm³/mol. The Morgan fingerprint density at radius 3 is 2.21 bits per heavy atom. The van der Waals surface area contributed by atoms with E-state index in [1.165, 1.54) is 18.3 Å². The van der Waals surface area contributed by atoms with Crippen LogP contribution in [-0.4, -0.2) is 17.9 Å². The van der Waals surface area contributed by atoms with Crippen LogP contribution < -0.4 is 0 Å². The van der Waals surface area contributed by atoms with Gasteiger partial charge in [-0.1, -0.05) is 32.9 Å². The SMILES string of the molecule is CCC(CC)(CC)OC(=O)/N=C/c1ccc(F)cc1. The van der Waals surface area contributed by atoms with Crippen molar-refractivity contribution < 1.29 is 13.9 Å². The van der Waals surface area contributed by atoms with Crippen LogP contribution >= 0.6 is 0 Å². The Bertz CT molecular complexity index is 428. The molecule has 0 N–H and O–H groups in total. The number of carbonyl (C=O) groups is 1. The molecule has 0 saturated carbocycles. The highest BCUT2D eigenvalue weighted by atomic mass is 19.1. The van der Waals surface area contributed by atoms with E-state index in [0.717, 1.165) is 19.3 Å². The Labute approximate surface area is 113 Å². The second kappa shape index (κ2) is 7.02. The van der Waals surface area contributed by atoms with Crippen LogP contribution in [0.5, 0.6) is 0 Å². The average Bonchev–Trinajstić information content (AvgIpc) is 2.44. The van der Waals surface area contributed by atoms with Crippen LogP contribution in [0, 0.1) is 5.82 Å². The van der Waals surface area contributed by atoms with Gasteiger partial charge in [-0.25, -0.2) is 9.18 Å². The highest BCUT2D eigenvalue weighted by Gasteiger charge is 2.28. The van der Waals surface area contributed by atoms with E-state index in [0.29, 0.717) is 5.56 Å². The highest BCUT2D eigenvalue weighted by Crippen LogP contribution is 2.24. The van der Waals surface area contributed by atoms with Crippen LogP contribution in [0.1, 0.15) is 45.6 Å². The number of carbonyl (C=O) groups excluding carboxylic acids is 1. The molecule has 1 aromatic rings. The fourth-order valence-electron chi connectivity index (χ4n) is 1.85. The predicted octanol–water partition coefficient (Wildman–Crippen LogP) is 4.35. The zero-order valence-electron chi connectivity index (χ0n) is 11.6. The molecule has 0 bridgehead atoms. The van der Waals surface area contributed by atoms with Gasteiger partial charge in [0.25, 0.3) is 0 Å². The molecular formula is C15H20FNO2. The summed E-state index contributed by atoms with van der Waals surface area (Å²) in [5, 5.41) is 0. The van der Waals surface area contributed by atoms with Crippen molar-refractivity contribution in [2.75, 3.05) is 0 Å². The van der Waals surface area contributed by atoms with Crippen molar-refractivity contribution in [2.24, 2.45) is 4.99 Å². The van der Waals surface area contributed by atoms with Crippen LogP contribution in [0.15, 0.2) is 29.3 Å². The van der Waals surface area contributed by atoms with Crippen molar-refractivity contribution in [1.29, 1.82) is 0 Å². The Kier molecular flexibility index (Phi) is 5.67. The van der Waals surface area contributed by atoms with Crippen molar-refractivity contribution in [3.8, 4) is 0 Å². The van der Waals surface area contributed by atoms with Crippen molar-refractivity contribution in [3.05, 3.63) is 35.6 Å². The second-order valence-electron chi connectivity index (χ2n) is 4.42. The van der Waals surface area contributed by atoms with E-state index in [1.807, 2.05) is 20.8 Å². The minimum atomic E-state index is -0.602. The lowest BCUT2D eigenvalue weighted by Crippen LogP contribution is -2.32. The van der Waals surface area contributed by atoms with Gasteiger partial charge in [0.2, 0.25) is 0 Å². The molecule has 0 aliphatic rings. The molecular weight excluding hydrogens is 245 g/mol. The molecule has 0 spiro atoms. The standard InChI is InChI=1S/C15H20FNO2/c1-4-15(5-2,6-3)19-14(18)17-11-12-7-9-13(16)10-8-12/h7-11H,4-6H2,1-3H3/b17-11+. The molecule has 0 atom stereocenters. The van der Waals surface area contributed by atoms with Gasteiger partial charge in [0.05, 0.1) is 0 Å². The summed E-state index contributed by atoms with van der Waals surface area (Å²) in [7, 11) is 0. The summed E-state index contributed by atoms with van der Waals surface area (Å²) in [4.78, 5) is 15.4. The van der Waals surface area contributed by atoms with Gasteiger partial charge in [0.1, 0.15) is 11.4 Å². The van der Waals surface area contributed by atoms with Crippen molar-refractivity contribution in [3.63, 3.8) is 0 Å². The summed E-state index contributed by atoms with van der Waals surface area (Å²) >= 11 is 0. The van der Waals surface area contributed by atoms with Crippen LogP contribution in [-0.2, 0) is 4.74 Å². The summed E-state index contributed by atoms with van der Waals surface area (Å²) < 4.78 is 18.1. The fraction of sp³-hybridized carbons (Fsp3) is 0.467. The number of amides is 1. The van der Waals surface area contributed by atoms with E-state index < -0.39 is 11.7 Å². The number of benzene rings is 1. The molecule has 0 unspecified atom stereocenters. The third-order valence-corrected chi connectivity index (χ3v) is 3.43. The summed E-state index contributed by atoms with van der Waals surface area (Å²) in [6.07, 6.45) is 3.07. The first-order chi connectivity index (χ1) is 9.05. The smallest absolute Gasteiger partial charge is 0.434 e. The third-order valence-electron chi connectivity index (χ3n) is 3.43. The summed E-state index contributed by atoms with van der Waals surface area (Å²) in [5.74, 6) is -0.318. The first-order valence-electron chi connectivity index (χ1n) is 6.58. The molecule has 1 aromatic carbocycles. The number of aliphatic imine (C=N–C) groups is 1. The Morgan fingerprint density at radius 2 is 1.74 bits per heavy atom. The number of rotatable bonds is 5. The van der Waals surface area contributed by atoms with E-state index in [4.69, 9.17) is 4.74 Å². The van der Waals surface area contributed by atoms with Crippen LogP contribution in [0.4, 0.5) is 9.18 Å². The third kappa shape index (κ3) is 4.47. The molecule has 4 heteroatoms. The Balaban J connectivity index is 2.66. The normalized spacial score (nSPS) is 11.8. The second-order valence-corrected chi connectivity index (χ2v) is 4.42. The van der Waals surface area contributed by atoms with Gasteiger partial charge in [0.15, 0.2) is 0 Å². The van der Waals surface area contributed by atoms with Gasteiger partial charge in [-0.2, -0.15) is 4.99 Å². The molecule has 0 saturated heterocycles. The van der Waals surface area contributed by atoms with Gasteiger partial charge >= 0.3 is 6.09 Å². The van der Waals surface area contributed by atoms with E-state index in [-0.39, 0.29) is 5.82 Å². The van der Waals surface area contributed by atoms with Gasteiger partial charge in [-0.3, -0.25) is 0 Å². The van der Waals surface area contributed by atoms with Gasteiger partial charge in [-0.05, 0) is 37.0 Å². The zero-order valence-corrected chi connectivity index (χ0v) is 11.6. The van der Waals surface area contributed by atoms with Gasteiger partial charge in [-0.15, -0.1) is 0 Å². The Morgan fingerprint density at radius 1 is 1.21 bits per heavy atom. The highest BCUT2D eigenvalue weighted by molar-refractivity contribution is 5.88. The maximum Gasteiger partial charge on any atom is 0.434 e. The topological polar surface area (TPSA) is 38.7 Å². The lowest BCUT2D eigenvalue weighted by atomic mass is 9.94. The fourth-order valence-corrected chi connectivity index (χ4v) is 1.85. The van der Waals surface area contributed by atoms with Crippen molar-refractivity contribution in [1.82, 2.24) is 0 Å². The summed E-state index contributed by atoms with van der Waals surface area (Å²) in [6, 6.07) is 5.75. The van der Waals surface area contributed by atoms with E-state index in [9.17, 15) is 9.18 Å². The lowest BCUT2D eigenvalue weighted by molar-refractivity contribution is 0.00742. The number of hydrogen-bond donors (Lipinski definition) is 0. The number of hydrogen-bond acceptors (Lipinski definition) is 2. The quantitative estimate of drug-likeness (QED) is 0.742. The monoisotopic (exact) mass is 265 g/mol. The van der Waals surface area contributed by atoms with Gasteiger partial charge < -0.3 is 4.74 Å². The van der Waals surface area contributed by atoms with Crippen molar-refractivity contribution in [2.45, 2.75) is 45.6 Å². The van der Waals surface area contributed by atoms with E-state index in [2.05, 4.69) is 4.99 Å². The summed E-state index contributed by atoms with van der Waals surface area (Å²) in [5.41, 5.74) is 0.227. The number of nitrogens with zero attached hydrogens (tertiary/aromatic N) is 1. The molecule has 104 valence electrons. The van der Waals surface area contributed by atoms with Crippen molar-refractivity contribution >= 4 is 12.3 Å². The molecule has 0 aromatic heterocycles. The zero-order chi connectivity index (χ0) is 14.3. The first-order valence-corrected chi connectivity index (χ1v) is 6.58. The molecule has 19 heavy (non-hydrogen) atoms. The van der Waals surface area contributed by atoms with Crippen LogP contribution in [0.25, 0.3) is 0 Å². The molecule has 1 rings (SSSR count). The molecule has 0 heterocycles. The number of ether oxygens (including phenoxy) is 1. The minimum Gasteiger partial charge on any atom is -0.441 e. The molecule has 1 amide bonds. The molecule has 0 radical (unpaired) electrons. The van der Waals surface area contributed by atoms with E-state index >= 15 is 0 Å². The molecule has 0 aliphatic heterocycles. The largest absolute Gasteiger partial charge is 0.441 e. The lowest BCUT2D eigenvalue weighted by Gasteiger charge is -2.29. The molecule has 0 aliphatic carbocycles. The number of halogens is 1. The maximum absolute atomic E-state index is 12.7. The average molecular weight is 265 g/mol. The first kappa shape index (κ1) is 15.3. The van der Waals surface area contributed by atoms with Crippen LogP contribution in [0.3, 0.4) is 0 Å². The van der Waals surface area contributed by atoms with Gasteiger partial charge in [0, 0.05) is 6.21 Å². The minimum absolute atomic E-state index is 0.318.